The van der Waals surface area contributed by atoms with Crippen molar-refractivity contribution in [2.45, 2.75) is 13.8 Å². The second kappa shape index (κ2) is 8.51. The van der Waals surface area contributed by atoms with E-state index in [1.807, 2.05) is 44.2 Å². The summed E-state index contributed by atoms with van der Waals surface area (Å²) in [7, 11) is 0. The predicted octanol–water partition coefficient (Wildman–Crippen LogP) is 4.87. The largest absolute Gasteiger partial charge is 0.370 e. The second-order valence-corrected chi connectivity index (χ2v) is 6.32. The van der Waals surface area contributed by atoms with Gasteiger partial charge in [-0.1, -0.05) is 17.7 Å². The molecule has 0 spiro atoms. The van der Waals surface area contributed by atoms with Crippen LogP contribution in [0.5, 0.6) is 0 Å². The third-order valence-corrected chi connectivity index (χ3v) is 3.93. The maximum atomic E-state index is 12.3. The molecule has 1 aromatic heterocycles. The number of anilines is 4. The fourth-order valence-corrected chi connectivity index (χ4v) is 2.71. The first-order valence-electron chi connectivity index (χ1n) is 8.57. The number of rotatable bonds is 6. The molecule has 0 unspecified atom stereocenters. The Bertz CT molecular complexity index is 943. The number of carbonyl (C=O) groups is 1. The molecule has 3 rings (SSSR count). The number of halogens is 1. The van der Waals surface area contributed by atoms with Crippen LogP contribution in [-0.4, -0.2) is 22.4 Å². The topological polar surface area (TPSA) is 78.9 Å². The normalized spacial score (nSPS) is 10.3. The zero-order valence-electron chi connectivity index (χ0n) is 15.1. The van der Waals surface area contributed by atoms with E-state index in [4.69, 9.17) is 11.6 Å². The molecule has 0 aliphatic carbocycles. The molecule has 138 valence electrons. The van der Waals surface area contributed by atoms with Gasteiger partial charge in [0.05, 0.1) is 0 Å². The lowest BCUT2D eigenvalue weighted by atomic mass is 10.2. The Balaban J connectivity index is 1.68. The van der Waals surface area contributed by atoms with Crippen LogP contribution >= 0.6 is 11.6 Å². The van der Waals surface area contributed by atoms with Gasteiger partial charge in [-0.05, 0) is 56.3 Å². The Morgan fingerprint density at radius 3 is 2.41 bits per heavy atom. The molecule has 1 amide bonds. The van der Waals surface area contributed by atoms with Gasteiger partial charge in [0, 0.05) is 34.6 Å². The molecule has 7 heteroatoms. The van der Waals surface area contributed by atoms with Crippen molar-refractivity contribution < 1.29 is 4.79 Å². The lowest BCUT2D eigenvalue weighted by Gasteiger charge is -2.10. The molecule has 3 N–H and O–H groups in total. The molecule has 0 radical (unpaired) electrons. The average molecular weight is 382 g/mol. The van der Waals surface area contributed by atoms with Crippen LogP contribution in [0.25, 0.3) is 0 Å². The summed E-state index contributed by atoms with van der Waals surface area (Å²) in [5.74, 6) is 1.95. The van der Waals surface area contributed by atoms with Gasteiger partial charge in [-0.15, -0.1) is 0 Å². The van der Waals surface area contributed by atoms with E-state index in [0.717, 1.165) is 18.1 Å². The molecule has 0 aliphatic rings. The summed E-state index contributed by atoms with van der Waals surface area (Å²) in [4.78, 5) is 21.0. The highest BCUT2D eigenvalue weighted by Gasteiger charge is 2.07. The SMILES string of the molecule is CCNc1cc(Nc2ccc(NC(=O)c3cccc(Cl)c3)cc2)nc(C)n1. The van der Waals surface area contributed by atoms with E-state index in [1.54, 1.807) is 24.3 Å². The van der Waals surface area contributed by atoms with Gasteiger partial charge in [0.25, 0.3) is 5.91 Å². The van der Waals surface area contributed by atoms with E-state index in [0.29, 0.717) is 27.9 Å². The van der Waals surface area contributed by atoms with Gasteiger partial charge in [-0.3, -0.25) is 4.79 Å². The highest BCUT2D eigenvalue weighted by atomic mass is 35.5. The van der Waals surface area contributed by atoms with Gasteiger partial charge < -0.3 is 16.0 Å². The Morgan fingerprint density at radius 2 is 1.70 bits per heavy atom. The predicted molar refractivity (Wildman–Crippen MR) is 110 cm³/mol. The third-order valence-electron chi connectivity index (χ3n) is 3.70. The van der Waals surface area contributed by atoms with E-state index in [2.05, 4.69) is 25.9 Å². The van der Waals surface area contributed by atoms with Crippen LogP contribution in [0.4, 0.5) is 23.0 Å². The standard InChI is InChI=1S/C20H20ClN5O/c1-3-22-18-12-19(24-13(2)23-18)25-16-7-9-17(10-8-16)26-20(27)14-5-4-6-15(21)11-14/h4-12H,3H2,1-2H3,(H,26,27)(H2,22,23,24,25). The molecule has 0 atom stereocenters. The van der Waals surface area contributed by atoms with Crippen molar-refractivity contribution in [3.63, 3.8) is 0 Å². The fraction of sp³-hybridized carbons (Fsp3) is 0.150. The van der Waals surface area contributed by atoms with Crippen LogP contribution in [0.2, 0.25) is 5.02 Å². The van der Waals surface area contributed by atoms with Crippen LogP contribution in [0.3, 0.4) is 0 Å². The first kappa shape index (κ1) is 18.7. The fourth-order valence-electron chi connectivity index (χ4n) is 2.52. The number of benzene rings is 2. The number of nitrogens with one attached hydrogen (secondary N) is 3. The van der Waals surface area contributed by atoms with Crippen molar-refractivity contribution in [3.05, 3.63) is 71.0 Å². The van der Waals surface area contributed by atoms with E-state index in [-0.39, 0.29) is 5.91 Å². The number of nitrogens with zero attached hydrogens (tertiary/aromatic N) is 2. The van der Waals surface area contributed by atoms with Crippen molar-refractivity contribution in [2.75, 3.05) is 22.5 Å². The number of carbonyl (C=O) groups excluding carboxylic acids is 1. The summed E-state index contributed by atoms with van der Waals surface area (Å²) < 4.78 is 0. The van der Waals surface area contributed by atoms with Gasteiger partial charge in [-0.2, -0.15) is 0 Å². The number of hydrogen-bond donors (Lipinski definition) is 3. The van der Waals surface area contributed by atoms with Crippen LogP contribution in [-0.2, 0) is 0 Å². The summed E-state index contributed by atoms with van der Waals surface area (Å²) in [5, 5.41) is 9.80. The number of aromatic nitrogens is 2. The molecule has 0 aliphatic heterocycles. The Kier molecular flexibility index (Phi) is 5.88. The first-order chi connectivity index (χ1) is 13.0. The smallest absolute Gasteiger partial charge is 0.255 e. The Labute approximate surface area is 163 Å². The van der Waals surface area contributed by atoms with Gasteiger partial charge in [0.2, 0.25) is 0 Å². The van der Waals surface area contributed by atoms with Gasteiger partial charge in [0.1, 0.15) is 17.5 Å². The molecular formula is C20H20ClN5O. The van der Waals surface area contributed by atoms with E-state index in [9.17, 15) is 4.79 Å². The summed E-state index contributed by atoms with van der Waals surface area (Å²) in [6.45, 7) is 4.65. The highest BCUT2D eigenvalue weighted by molar-refractivity contribution is 6.31. The zero-order chi connectivity index (χ0) is 19.2. The number of aryl methyl sites for hydroxylation is 1. The Morgan fingerprint density at radius 1 is 1.00 bits per heavy atom. The van der Waals surface area contributed by atoms with Crippen molar-refractivity contribution in [1.29, 1.82) is 0 Å². The third kappa shape index (κ3) is 5.18. The lowest BCUT2D eigenvalue weighted by molar-refractivity contribution is 0.102. The summed E-state index contributed by atoms with van der Waals surface area (Å²) in [6.07, 6.45) is 0. The minimum absolute atomic E-state index is 0.208. The van der Waals surface area contributed by atoms with Crippen molar-refractivity contribution >= 4 is 40.5 Å². The maximum absolute atomic E-state index is 12.3. The quantitative estimate of drug-likeness (QED) is 0.568. The minimum atomic E-state index is -0.208. The van der Waals surface area contributed by atoms with Crippen molar-refractivity contribution in [1.82, 2.24) is 9.97 Å². The van der Waals surface area contributed by atoms with Gasteiger partial charge in [0.15, 0.2) is 0 Å². The molecule has 0 saturated heterocycles. The van der Waals surface area contributed by atoms with E-state index < -0.39 is 0 Å². The van der Waals surface area contributed by atoms with Crippen LogP contribution < -0.4 is 16.0 Å². The first-order valence-corrected chi connectivity index (χ1v) is 8.95. The maximum Gasteiger partial charge on any atom is 0.255 e. The summed E-state index contributed by atoms with van der Waals surface area (Å²) in [5.41, 5.74) is 2.06. The van der Waals surface area contributed by atoms with Crippen molar-refractivity contribution in [2.24, 2.45) is 0 Å². The summed E-state index contributed by atoms with van der Waals surface area (Å²) >= 11 is 5.93. The number of amides is 1. The molecule has 0 fully saturated rings. The molecular weight excluding hydrogens is 362 g/mol. The minimum Gasteiger partial charge on any atom is -0.370 e. The molecule has 0 bridgehead atoms. The van der Waals surface area contributed by atoms with Crippen LogP contribution in [0.15, 0.2) is 54.6 Å². The molecule has 27 heavy (non-hydrogen) atoms. The van der Waals surface area contributed by atoms with Crippen LogP contribution in [0.1, 0.15) is 23.1 Å². The van der Waals surface area contributed by atoms with Gasteiger partial charge in [-0.25, -0.2) is 9.97 Å². The van der Waals surface area contributed by atoms with Crippen molar-refractivity contribution in [3.8, 4) is 0 Å². The van der Waals surface area contributed by atoms with Crippen LogP contribution in [0, 0.1) is 6.92 Å². The summed E-state index contributed by atoms with van der Waals surface area (Å²) in [6, 6.07) is 16.1. The van der Waals surface area contributed by atoms with E-state index in [1.165, 1.54) is 0 Å². The molecule has 6 nitrogen and oxygen atoms in total. The molecule has 0 saturated carbocycles. The second-order valence-electron chi connectivity index (χ2n) is 5.88. The Hall–Kier alpha value is -3.12. The average Bonchev–Trinajstić information content (AvgIpc) is 2.63. The zero-order valence-corrected chi connectivity index (χ0v) is 15.8. The number of hydrogen-bond acceptors (Lipinski definition) is 5. The lowest BCUT2D eigenvalue weighted by Crippen LogP contribution is -2.11. The molecule has 3 aromatic rings. The molecule has 2 aromatic carbocycles. The van der Waals surface area contributed by atoms with E-state index >= 15 is 0 Å². The van der Waals surface area contributed by atoms with Gasteiger partial charge >= 0.3 is 0 Å². The molecule has 1 heterocycles. The monoisotopic (exact) mass is 381 g/mol. The highest BCUT2D eigenvalue weighted by Crippen LogP contribution is 2.20.